The Balaban J connectivity index is 1.97. The van der Waals surface area contributed by atoms with Crippen LogP contribution in [0.1, 0.15) is 12.5 Å². The number of aromatic amines is 1. The first-order valence-corrected chi connectivity index (χ1v) is 9.36. The number of nitrogen functional groups attached to an aromatic ring is 1. The van der Waals surface area contributed by atoms with E-state index in [1.807, 2.05) is 0 Å². The number of aromatic nitrogens is 1. The van der Waals surface area contributed by atoms with Crippen LogP contribution in [0.3, 0.4) is 0 Å². The average molecular weight is 358 g/mol. The molecule has 0 saturated carbocycles. The van der Waals surface area contributed by atoms with Gasteiger partial charge in [0.25, 0.3) is 0 Å². The minimum atomic E-state index is -3.32. The Morgan fingerprint density at radius 2 is 1.88 bits per heavy atom. The molecule has 0 saturated heterocycles. The predicted molar refractivity (Wildman–Crippen MR) is 101 cm³/mol. The molecule has 1 aromatic heterocycles. The summed E-state index contributed by atoms with van der Waals surface area (Å²) in [6.45, 7) is 1.79. The predicted octanol–water partition coefficient (Wildman–Crippen LogP) is 2.97. The topological polar surface area (TPSA) is 121 Å². The van der Waals surface area contributed by atoms with E-state index in [0.717, 1.165) is 17.2 Å². The van der Waals surface area contributed by atoms with Crippen LogP contribution in [0.2, 0.25) is 0 Å². The highest BCUT2D eigenvalue weighted by Gasteiger charge is 2.14. The number of sulfonamides is 1. The molecule has 7 nitrogen and oxygen atoms in total. The number of anilines is 2. The second kappa shape index (κ2) is 6.14. The molecule has 0 amide bonds. The highest BCUT2D eigenvalue weighted by molar-refractivity contribution is 7.92. The molecule has 0 aliphatic rings. The van der Waals surface area contributed by atoms with E-state index >= 15 is 0 Å². The number of aromatic hydroxyl groups is 1. The molecule has 0 aliphatic heterocycles. The Morgan fingerprint density at radius 3 is 2.52 bits per heavy atom. The van der Waals surface area contributed by atoms with Crippen molar-refractivity contribution in [3.8, 4) is 5.88 Å². The zero-order valence-electron chi connectivity index (χ0n) is 13.7. The summed E-state index contributed by atoms with van der Waals surface area (Å²) < 4.78 is 24.8. The monoisotopic (exact) mass is 358 g/mol. The number of H-pyrrole nitrogens is 1. The smallest absolute Gasteiger partial charge is 0.229 e. The molecule has 1 heterocycles. The molecular weight excluding hydrogens is 340 g/mol. The molecule has 0 spiro atoms. The first kappa shape index (κ1) is 16.8. The van der Waals surface area contributed by atoms with Crippen LogP contribution in [0.15, 0.2) is 47.5 Å². The summed E-state index contributed by atoms with van der Waals surface area (Å²) in [4.78, 5) is 7.40. The van der Waals surface area contributed by atoms with Crippen LogP contribution in [0.4, 0.5) is 17.1 Å². The summed E-state index contributed by atoms with van der Waals surface area (Å²) in [6, 6.07) is 12.0. The van der Waals surface area contributed by atoms with Gasteiger partial charge in [-0.25, -0.2) is 8.42 Å². The van der Waals surface area contributed by atoms with Crippen LogP contribution < -0.4 is 10.5 Å². The molecule has 0 bridgehead atoms. The first-order valence-electron chi connectivity index (χ1n) is 7.46. The molecule has 25 heavy (non-hydrogen) atoms. The average Bonchev–Trinajstić information content (AvgIpc) is 2.83. The Hall–Kier alpha value is -3.00. The number of nitrogens with one attached hydrogen (secondary N) is 2. The quantitative estimate of drug-likeness (QED) is 0.423. The lowest BCUT2D eigenvalue weighted by molar-refractivity contribution is 0.457. The Morgan fingerprint density at radius 1 is 1.20 bits per heavy atom. The van der Waals surface area contributed by atoms with Gasteiger partial charge in [-0.2, -0.15) is 0 Å². The summed E-state index contributed by atoms with van der Waals surface area (Å²) in [5.41, 5.74) is 9.48. The SMILES string of the molecule is CC(=Nc1ccc(NS(C)(=O)=O)cc1)c1c(O)[nH]c2ccc(N)cc12. The zero-order valence-corrected chi connectivity index (χ0v) is 14.6. The molecule has 0 unspecified atom stereocenters. The van der Waals surface area contributed by atoms with Crippen molar-refractivity contribution in [2.24, 2.45) is 4.99 Å². The van der Waals surface area contributed by atoms with E-state index in [0.29, 0.717) is 28.3 Å². The van der Waals surface area contributed by atoms with Crippen molar-refractivity contribution in [2.45, 2.75) is 6.92 Å². The molecule has 0 radical (unpaired) electrons. The van der Waals surface area contributed by atoms with Crippen molar-refractivity contribution in [1.29, 1.82) is 0 Å². The highest BCUT2D eigenvalue weighted by Crippen LogP contribution is 2.30. The van der Waals surface area contributed by atoms with E-state index in [1.165, 1.54) is 0 Å². The Labute approximate surface area is 145 Å². The fourth-order valence-electron chi connectivity index (χ4n) is 2.63. The van der Waals surface area contributed by atoms with Crippen molar-refractivity contribution in [2.75, 3.05) is 16.7 Å². The summed E-state index contributed by atoms with van der Waals surface area (Å²) in [7, 11) is -3.32. The van der Waals surface area contributed by atoms with Gasteiger partial charge in [0.15, 0.2) is 5.88 Å². The third-order valence-electron chi connectivity index (χ3n) is 3.63. The summed E-state index contributed by atoms with van der Waals surface area (Å²) in [6.07, 6.45) is 1.09. The first-order chi connectivity index (χ1) is 11.7. The van der Waals surface area contributed by atoms with E-state index in [4.69, 9.17) is 5.73 Å². The molecule has 2 aromatic carbocycles. The minimum Gasteiger partial charge on any atom is -0.494 e. The molecule has 5 N–H and O–H groups in total. The van der Waals surface area contributed by atoms with Gasteiger partial charge in [-0.05, 0) is 49.4 Å². The van der Waals surface area contributed by atoms with Crippen LogP contribution >= 0.6 is 0 Å². The number of fused-ring (bicyclic) bond motifs is 1. The zero-order chi connectivity index (χ0) is 18.2. The molecule has 8 heteroatoms. The number of benzene rings is 2. The van der Waals surface area contributed by atoms with Crippen LogP contribution in [-0.2, 0) is 10.0 Å². The van der Waals surface area contributed by atoms with Gasteiger partial charge < -0.3 is 15.8 Å². The van der Waals surface area contributed by atoms with Crippen molar-refractivity contribution in [3.63, 3.8) is 0 Å². The second-order valence-corrected chi connectivity index (χ2v) is 7.52. The second-order valence-electron chi connectivity index (χ2n) is 5.77. The fourth-order valence-corrected chi connectivity index (χ4v) is 3.19. The number of nitrogens with two attached hydrogens (primary N) is 1. The van der Waals surface area contributed by atoms with Crippen LogP contribution in [0, 0.1) is 0 Å². The fraction of sp³-hybridized carbons (Fsp3) is 0.118. The van der Waals surface area contributed by atoms with Crippen molar-refractivity contribution < 1.29 is 13.5 Å². The maximum absolute atomic E-state index is 11.2. The van der Waals surface area contributed by atoms with Crippen molar-refractivity contribution >= 4 is 43.7 Å². The van der Waals surface area contributed by atoms with E-state index < -0.39 is 10.0 Å². The van der Waals surface area contributed by atoms with Gasteiger partial charge in [-0.3, -0.25) is 9.71 Å². The third kappa shape index (κ3) is 3.74. The third-order valence-corrected chi connectivity index (χ3v) is 4.24. The van der Waals surface area contributed by atoms with Gasteiger partial charge in [-0.1, -0.05) is 0 Å². The lowest BCUT2D eigenvalue weighted by atomic mass is 10.1. The van der Waals surface area contributed by atoms with Gasteiger partial charge >= 0.3 is 0 Å². The molecule has 0 fully saturated rings. The van der Waals surface area contributed by atoms with Crippen LogP contribution in [0.25, 0.3) is 10.9 Å². The summed E-state index contributed by atoms with van der Waals surface area (Å²) >= 11 is 0. The number of hydrogen-bond donors (Lipinski definition) is 4. The van der Waals surface area contributed by atoms with Gasteiger partial charge in [0, 0.05) is 22.3 Å². The molecule has 3 rings (SSSR count). The van der Waals surface area contributed by atoms with Crippen molar-refractivity contribution in [3.05, 3.63) is 48.0 Å². The van der Waals surface area contributed by atoms with E-state index in [-0.39, 0.29) is 5.88 Å². The van der Waals surface area contributed by atoms with Gasteiger partial charge in [0.1, 0.15) is 0 Å². The van der Waals surface area contributed by atoms with Gasteiger partial charge in [-0.15, -0.1) is 0 Å². The number of hydrogen-bond acceptors (Lipinski definition) is 5. The molecule has 0 aliphatic carbocycles. The lowest BCUT2D eigenvalue weighted by Gasteiger charge is -2.05. The van der Waals surface area contributed by atoms with Crippen LogP contribution in [0.5, 0.6) is 5.88 Å². The van der Waals surface area contributed by atoms with Crippen molar-refractivity contribution in [1.82, 2.24) is 4.98 Å². The minimum absolute atomic E-state index is 0.0252. The molecular formula is C17H18N4O3S. The van der Waals surface area contributed by atoms with Gasteiger partial charge in [0.05, 0.1) is 23.2 Å². The standard InChI is InChI=1S/C17H18N4O3S/c1-10(16-14-9-11(18)3-8-15(14)20-17(16)22)19-12-4-6-13(7-5-12)21-25(2,23)24/h3-9,20-22H,18H2,1-2H3. The Kier molecular flexibility index (Phi) is 4.13. The van der Waals surface area contributed by atoms with E-state index in [9.17, 15) is 13.5 Å². The largest absolute Gasteiger partial charge is 0.494 e. The number of nitrogens with zero attached hydrogens (tertiary/aromatic N) is 1. The Bertz CT molecular complexity index is 1070. The summed E-state index contributed by atoms with van der Waals surface area (Å²) in [5.74, 6) is 0.0252. The highest BCUT2D eigenvalue weighted by atomic mass is 32.2. The normalized spacial score (nSPS) is 12.5. The maximum atomic E-state index is 11.2. The molecule has 0 atom stereocenters. The van der Waals surface area contributed by atoms with E-state index in [1.54, 1.807) is 49.4 Å². The van der Waals surface area contributed by atoms with Gasteiger partial charge in [0.2, 0.25) is 10.0 Å². The number of rotatable bonds is 4. The van der Waals surface area contributed by atoms with E-state index in [2.05, 4.69) is 14.7 Å². The summed E-state index contributed by atoms with van der Waals surface area (Å²) in [5, 5.41) is 11.0. The molecule has 130 valence electrons. The maximum Gasteiger partial charge on any atom is 0.229 e. The number of aliphatic imine (C=N–C) groups is 1. The van der Waals surface area contributed by atoms with Crippen LogP contribution in [-0.4, -0.2) is 30.5 Å². The lowest BCUT2D eigenvalue weighted by Crippen LogP contribution is -2.09. The molecule has 3 aromatic rings.